The van der Waals surface area contributed by atoms with Crippen LogP contribution >= 0.6 is 0 Å². The minimum absolute atomic E-state index is 0.245. The normalized spacial score (nSPS) is 28.0. The van der Waals surface area contributed by atoms with Crippen molar-refractivity contribution < 1.29 is 9.90 Å². The molecule has 4 N–H and O–H groups in total. The number of anilines is 1. The Morgan fingerprint density at radius 2 is 2.13 bits per heavy atom. The van der Waals surface area contributed by atoms with Gasteiger partial charge in [0.2, 0.25) is 5.91 Å². The Morgan fingerprint density at radius 1 is 1.43 bits per heavy atom. The summed E-state index contributed by atoms with van der Waals surface area (Å²) in [6.07, 6.45) is 3.65. The Labute approximate surface area is 135 Å². The second kappa shape index (κ2) is 6.19. The van der Waals surface area contributed by atoms with Crippen molar-refractivity contribution in [2.45, 2.75) is 24.5 Å². The number of rotatable bonds is 4. The summed E-state index contributed by atoms with van der Waals surface area (Å²) in [7, 11) is 0. The van der Waals surface area contributed by atoms with Gasteiger partial charge in [-0.2, -0.15) is 5.26 Å². The molecule has 121 valence electrons. The van der Waals surface area contributed by atoms with E-state index in [2.05, 4.69) is 16.3 Å². The third kappa shape index (κ3) is 3.03. The molecule has 1 amide bonds. The maximum Gasteiger partial charge on any atom is 0.237 e. The zero-order valence-corrected chi connectivity index (χ0v) is 12.9. The van der Waals surface area contributed by atoms with Crippen molar-refractivity contribution in [1.82, 2.24) is 5.32 Å². The summed E-state index contributed by atoms with van der Waals surface area (Å²) in [6, 6.07) is 9.15. The zero-order chi connectivity index (χ0) is 16.4. The number of benzene rings is 1. The SMILES string of the molecule is N#Cc1ccccc1N1CCC([CH]C2(O)CNC2C(N)=O)CC1. The molecule has 23 heavy (non-hydrogen) atoms. The largest absolute Gasteiger partial charge is 0.386 e. The molecule has 6 nitrogen and oxygen atoms in total. The summed E-state index contributed by atoms with van der Waals surface area (Å²) in [5.41, 5.74) is 5.82. The third-order valence-electron chi connectivity index (χ3n) is 4.80. The number of nitriles is 1. The number of carbonyl (C=O) groups excluding carboxylic acids is 1. The summed E-state index contributed by atoms with van der Waals surface area (Å²) in [4.78, 5) is 13.5. The van der Waals surface area contributed by atoms with Crippen LogP contribution in [0.2, 0.25) is 0 Å². The van der Waals surface area contributed by atoms with E-state index in [1.165, 1.54) is 0 Å². The molecule has 0 aromatic heterocycles. The number of nitrogens with two attached hydrogens (primary N) is 1. The van der Waals surface area contributed by atoms with Gasteiger partial charge in [0.1, 0.15) is 17.7 Å². The predicted octanol–water partition coefficient (Wildman–Crippen LogP) is 0.167. The van der Waals surface area contributed by atoms with Crippen molar-refractivity contribution in [3.63, 3.8) is 0 Å². The molecule has 2 saturated heterocycles. The molecule has 1 aromatic carbocycles. The number of β-amino-alcohol motifs (C(OH)–C–C–N with tert-alkyl or cyclic N) is 1. The highest BCUT2D eigenvalue weighted by Gasteiger charge is 2.49. The molecule has 2 aliphatic heterocycles. The van der Waals surface area contributed by atoms with E-state index in [4.69, 9.17) is 5.73 Å². The molecule has 2 fully saturated rings. The highest BCUT2D eigenvalue weighted by atomic mass is 16.3. The lowest BCUT2D eigenvalue weighted by Crippen LogP contribution is -2.73. The molecular weight excluding hydrogens is 292 g/mol. The van der Waals surface area contributed by atoms with Crippen LogP contribution in [0.1, 0.15) is 18.4 Å². The molecular formula is C17H21N4O2. The van der Waals surface area contributed by atoms with Crippen LogP contribution in [-0.4, -0.2) is 42.3 Å². The minimum Gasteiger partial charge on any atom is -0.386 e. The van der Waals surface area contributed by atoms with Gasteiger partial charge in [-0.25, -0.2) is 0 Å². The van der Waals surface area contributed by atoms with Gasteiger partial charge < -0.3 is 21.1 Å². The second-order valence-corrected chi connectivity index (χ2v) is 6.33. The molecule has 2 atom stereocenters. The molecule has 0 aliphatic carbocycles. The topological polar surface area (TPSA) is 102 Å². The summed E-state index contributed by atoms with van der Waals surface area (Å²) in [5, 5.41) is 22.6. The van der Waals surface area contributed by atoms with Crippen LogP contribution in [0.4, 0.5) is 5.69 Å². The highest BCUT2D eigenvalue weighted by Crippen LogP contribution is 2.33. The van der Waals surface area contributed by atoms with Crippen LogP contribution in [-0.2, 0) is 4.79 Å². The van der Waals surface area contributed by atoms with E-state index in [0.29, 0.717) is 12.1 Å². The standard InChI is InChI=1S/C17H21N4O2/c18-10-13-3-1-2-4-14(13)21-7-5-12(6-8-21)9-17(23)11-20-15(17)16(19)22/h1-4,9,12,15,20,23H,5-8,11H2,(H2,19,22). The number of hydrogen-bond acceptors (Lipinski definition) is 5. The van der Waals surface area contributed by atoms with Gasteiger partial charge in [-0.15, -0.1) is 0 Å². The number of carbonyl (C=O) groups is 1. The van der Waals surface area contributed by atoms with Gasteiger partial charge in [0.15, 0.2) is 0 Å². The molecule has 1 radical (unpaired) electrons. The lowest BCUT2D eigenvalue weighted by molar-refractivity contribution is -0.132. The van der Waals surface area contributed by atoms with E-state index in [1.54, 1.807) is 0 Å². The number of aliphatic hydroxyl groups is 1. The first-order chi connectivity index (χ1) is 11.0. The molecule has 3 rings (SSSR count). The van der Waals surface area contributed by atoms with Crippen molar-refractivity contribution in [2.24, 2.45) is 11.7 Å². The number of hydrogen-bond donors (Lipinski definition) is 3. The van der Waals surface area contributed by atoms with E-state index in [-0.39, 0.29) is 5.92 Å². The summed E-state index contributed by atoms with van der Waals surface area (Å²) in [5.74, 6) is -0.273. The van der Waals surface area contributed by atoms with Gasteiger partial charge in [-0.1, -0.05) is 12.1 Å². The molecule has 2 aliphatic rings. The summed E-state index contributed by atoms with van der Waals surface area (Å²) >= 11 is 0. The minimum atomic E-state index is -1.12. The van der Waals surface area contributed by atoms with Crippen molar-refractivity contribution in [2.75, 3.05) is 24.5 Å². The Hall–Kier alpha value is -2.10. The molecule has 0 saturated carbocycles. The molecule has 2 unspecified atom stereocenters. The number of nitrogens with one attached hydrogen (secondary N) is 1. The van der Waals surface area contributed by atoms with Crippen LogP contribution in [0.3, 0.4) is 0 Å². The first-order valence-corrected chi connectivity index (χ1v) is 7.89. The fourth-order valence-electron chi connectivity index (χ4n) is 3.47. The smallest absolute Gasteiger partial charge is 0.237 e. The van der Waals surface area contributed by atoms with Crippen molar-refractivity contribution >= 4 is 11.6 Å². The average Bonchev–Trinajstić information content (AvgIpc) is 2.54. The zero-order valence-electron chi connectivity index (χ0n) is 12.9. The Balaban J connectivity index is 1.59. The van der Waals surface area contributed by atoms with E-state index in [1.807, 2.05) is 30.7 Å². The first-order valence-electron chi connectivity index (χ1n) is 7.89. The van der Waals surface area contributed by atoms with Gasteiger partial charge in [-0.05, 0) is 37.3 Å². The lowest BCUT2D eigenvalue weighted by atomic mass is 9.75. The molecule has 2 heterocycles. The second-order valence-electron chi connectivity index (χ2n) is 6.33. The molecule has 0 bridgehead atoms. The van der Waals surface area contributed by atoms with Crippen LogP contribution in [0, 0.1) is 23.7 Å². The highest BCUT2D eigenvalue weighted by molar-refractivity contribution is 5.83. The van der Waals surface area contributed by atoms with Crippen molar-refractivity contribution in [3.8, 4) is 6.07 Å². The molecule has 6 heteroatoms. The summed E-state index contributed by atoms with van der Waals surface area (Å²) in [6.45, 7) is 2.02. The Bertz CT molecular complexity index is 634. The molecule has 1 aromatic rings. The fraction of sp³-hybridized carbons (Fsp3) is 0.471. The predicted molar refractivity (Wildman–Crippen MR) is 86.3 cm³/mol. The monoisotopic (exact) mass is 313 g/mol. The van der Waals surface area contributed by atoms with Crippen LogP contribution in [0.15, 0.2) is 24.3 Å². The van der Waals surface area contributed by atoms with E-state index >= 15 is 0 Å². The Kier molecular flexibility index (Phi) is 4.24. The quantitative estimate of drug-likeness (QED) is 0.735. The van der Waals surface area contributed by atoms with Gasteiger partial charge in [0.05, 0.1) is 11.3 Å². The van der Waals surface area contributed by atoms with Gasteiger partial charge >= 0.3 is 0 Å². The molecule has 0 spiro atoms. The van der Waals surface area contributed by atoms with Gasteiger partial charge in [-0.3, -0.25) is 4.79 Å². The third-order valence-corrected chi connectivity index (χ3v) is 4.80. The van der Waals surface area contributed by atoms with Crippen molar-refractivity contribution in [1.29, 1.82) is 5.26 Å². The number of primary amides is 1. The van der Waals surface area contributed by atoms with E-state index in [0.717, 1.165) is 31.6 Å². The first kappa shape index (κ1) is 15.8. The lowest BCUT2D eigenvalue weighted by Gasteiger charge is -2.47. The number of piperidine rings is 1. The Morgan fingerprint density at radius 3 is 2.70 bits per heavy atom. The average molecular weight is 313 g/mol. The van der Waals surface area contributed by atoms with Crippen LogP contribution < -0.4 is 16.0 Å². The van der Waals surface area contributed by atoms with Gasteiger partial charge in [0.25, 0.3) is 0 Å². The fourth-order valence-corrected chi connectivity index (χ4v) is 3.47. The number of amides is 1. The van der Waals surface area contributed by atoms with Crippen LogP contribution in [0.25, 0.3) is 0 Å². The van der Waals surface area contributed by atoms with E-state index in [9.17, 15) is 15.2 Å². The number of nitrogens with zero attached hydrogens (tertiary/aromatic N) is 2. The van der Waals surface area contributed by atoms with Crippen LogP contribution in [0.5, 0.6) is 0 Å². The maximum atomic E-state index is 11.3. The maximum absolute atomic E-state index is 11.3. The van der Waals surface area contributed by atoms with E-state index < -0.39 is 17.6 Å². The number of para-hydroxylation sites is 1. The van der Waals surface area contributed by atoms with Crippen molar-refractivity contribution in [3.05, 3.63) is 36.2 Å². The van der Waals surface area contributed by atoms with Gasteiger partial charge in [0, 0.05) is 19.6 Å². The summed E-state index contributed by atoms with van der Waals surface area (Å²) < 4.78 is 0.